The second-order valence-electron chi connectivity index (χ2n) is 20.4. The summed E-state index contributed by atoms with van der Waals surface area (Å²) in [7, 11) is 0. The van der Waals surface area contributed by atoms with Crippen LogP contribution < -0.4 is 0 Å². The second-order valence-corrected chi connectivity index (χ2v) is 20.4. The topological polar surface area (TPSA) is 113 Å². The maximum atomic E-state index is 9.38. The first-order chi connectivity index (χ1) is 51.1. The molecule has 0 aliphatic heterocycles. The van der Waals surface area contributed by atoms with Crippen molar-refractivity contribution >= 4 is 87.5 Å². The first-order valence-corrected chi connectivity index (χ1v) is 27.8. The largest absolute Gasteiger partial charge is 0.456 e. The van der Waals surface area contributed by atoms with Crippen LogP contribution in [-0.4, -0.2) is 39.0 Å². The lowest BCUT2D eigenvalue weighted by atomic mass is 10.1. The SMILES string of the molecule is [2H]c1c([2H])c(-n2c3ccccc3c3cc4oc5ccccc5c4cc32)c([2H])c([2H])c1-c1nc(-c2ccccc2)nc(-c2ccccc2)n1.[2H]c1c([2H])c([2H])c(-c2nc(-c3c([2H])c([2H])c([2H])c([2H])c3[2H])nc(-c3c([2H])c([2H])c(-n4c5ccccc5c5cc6oc7ccccc7c6cc54)c([2H])c3[2H])n2)c([2H])c1[2H]. The third-order valence-corrected chi connectivity index (χ3v) is 15.2. The van der Waals surface area contributed by atoms with Crippen LogP contribution in [0.25, 0.3) is 167 Å². The highest BCUT2D eigenvalue weighted by atomic mass is 16.3. The molecule has 6 heterocycles. The van der Waals surface area contributed by atoms with Gasteiger partial charge in [0.15, 0.2) is 34.9 Å². The smallest absolute Gasteiger partial charge is 0.164 e. The van der Waals surface area contributed by atoms with Crippen molar-refractivity contribution < 1.29 is 33.5 Å². The molecule has 10 nitrogen and oxygen atoms in total. The third kappa shape index (κ3) is 8.74. The Hall–Kier alpha value is -12.1. The summed E-state index contributed by atoms with van der Waals surface area (Å²) in [6.45, 7) is 0. The fourth-order valence-electron chi connectivity index (χ4n) is 11.3. The van der Waals surface area contributed by atoms with Gasteiger partial charge >= 0.3 is 0 Å². The minimum Gasteiger partial charge on any atom is -0.456 e. The molecule has 0 atom stereocenters. The molecule has 18 rings (SSSR count). The van der Waals surface area contributed by atoms with E-state index in [9.17, 15) is 11.0 Å². The van der Waals surface area contributed by atoms with Crippen LogP contribution in [-0.2, 0) is 0 Å². The molecule has 0 aliphatic carbocycles. The number of hydrogen-bond donors (Lipinski definition) is 0. The number of rotatable bonds is 8. The van der Waals surface area contributed by atoms with Gasteiger partial charge in [0.25, 0.3) is 0 Å². The minimum absolute atomic E-state index is 0.00879. The van der Waals surface area contributed by atoms with Crippen molar-refractivity contribution in [3.8, 4) is 79.7 Å². The van der Waals surface area contributed by atoms with Crippen molar-refractivity contribution in [2.75, 3.05) is 0 Å². The zero-order valence-electron chi connectivity index (χ0n) is 63.7. The highest BCUT2D eigenvalue weighted by molar-refractivity contribution is 6.18. The first-order valence-electron chi connectivity index (χ1n) is 36.8. The van der Waals surface area contributed by atoms with E-state index in [1.165, 1.54) is 0 Å². The van der Waals surface area contributed by atoms with E-state index in [0.29, 0.717) is 33.8 Å². The lowest BCUT2D eigenvalue weighted by molar-refractivity contribution is 0.669. The van der Waals surface area contributed by atoms with Gasteiger partial charge in [0.2, 0.25) is 0 Å². The first kappa shape index (κ1) is 35.2. The third-order valence-electron chi connectivity index (χ3n) is 15.2. The van der Waals surface area contributed by atoms with E-state index in [1.807, 2.05) is 174 Å². The Kier molecular flexibility index (Phi) is 8.36. The van der Waals surface area contributed by atoms with Crippen LogP contribution in [0.3, 0.4) is 0 Å². The van der Waals surface area contributed by atoms with E-state index in [0.717, 1.165) is 76.4 Å². The van der Waals surface area contributed by atoms with Crippen molar-refractivity contribution in [3.05, 3.63) is 291 Å². The maximum absolute atomic E-state index is 9.38. The molecule has 412 valence electrons. The quantitative estimate of drug-likeness (QED) is 0.148. The van der Waals surface area contributed by atoms with Gasteiger partial charge in [0, 0.05) is 87.8 Å². The molecule has 0 saturated heterocycles. The molecule has 0 spiro atoms. The molecular weight excluding hydrogens is 1080 g/mol. The van der Waals surface area contributed by atoms with Gasteiger partial charge in [0.1, 0.15) is 22.3 Å². The summed E-state index contributed by atoms with van der Waals surface area (Å²) in [5.74, 6) is -0.943. The number of fused-ring (bicyclic) bond motifs is 12. The highest BCUT2D eigenvalue weighted by Gasteiger charge is 2.20. The highest BCUT2D eigenvalue weighted by Crippen LogP contribution is 2.41. The standard InChI is InChI=1S/2C39H24N4O/c2*1-3-11-25(12-4-1)37-40-38(26-13-5-2-6-14-26)42-39(41-37)27-19-21-28(22-20-27)43-33-17-9-7-15-29(33)31-24-36-32(23-34(31)43)30-16-8-10-18-35(30)44-36/h2*1-24H/i1D,2D,3D,4D,5D,6D,11D,12D,13D,14D,19D,20D,21D,22D;19D,20D,21D,22D. The fraction of sp³-hybridized carbons (Fsp3) is 0. The van der Waals surface area contributed by atoms with Crippen LogP contribution in [0.5, 0.6) is 0 Å². The summed E-state index contributed by atoms with van der Waals surface area (Å²) >= 11 is 0. The average molecular weight is 1150 g/mol. The van der Waals surface area contributed by atoms with Crippen molar-refractivity contribution in [2.24, 2.45) is 0 Å². The summed E-state index contributed by atoms with van der Waals surface area (Å²) in [6, 6.07) is 46.7. The molecule has 0 amide bonds. The van der Waals surface area contributed by atoms with E-state index < -0.39 is 119 Å². The molecular formula is C78H48N8O2. The number of nitrogens with zero attached hydrogens (tertiary/aromatic N) is 8. The van der Waals surface area contributed by atoms with E-state index >= 15 is 0 Å². The zero-order valence-corrected chi connectivity index (χ0v) is 45.7. The van der Waals surface area contributed by atoms with Gasteiger partial charge in [-0.15, -0.1) is 0 Å². The van der Waals surface area contributed by atoms with Crippen LogP contribution in [0.2, 0.25) is 0 Å². The van der Waals surface area contributed by atoms with Gasteiger partial charge in [-0.2, -0.15) is 0 Å². The van der Waals surface area contributed by atoms with Crippen LogP contribution in [0.1, 0.15) is 24.7 Å². The van der Waals surface area contributed by atoms with E-state index in [4.69, 9.17) is 37.5 Å². The lowest BCUT2D eigenvalue weighted by Crippen LogP contribution is -2.00. The number of para-hydroxylation sites is 4. The van der Waals surface area contributed by atoms with Crippen molar-refractivity contribution in [2.45, 2.75) is 0 Å². The van der Waals surface area contributed by atoms with E-state index in [1.54, 1.807) is 16.7 Å². The van der Waals surface area contributed by atoms with Crippen molar-refractivity contribution in [1.29, 1.82) is 0 Å². The monoisotopic (exact) mass is 1150 g/mol. The van der Waals surface area contributed by atoms with Gasteiger partial charge in [-0.1, -0.05) is 194 Å². The molecule has 88 heavy (non-hydrogen) atoms. The Labute approximate surface area is 528 Å². The average Bonchev–Trinajstić information content (AvgIpc) is 1.56. The summed E-state index contributed by atoms with van der Waals surface area (Å²) in [4.78, 5) is 27.1. The predicted octanol–water partition coefficient (Wildman–Crippen LogP) is 19.7. The minimum atomic E-state index is -0.734. The molecule has 0 radical (unpaired) electrons. The number of furan rings is 2. The van der Waals surface area contributed by atoms with Crippen LogP contribution >= 0.6 is 0 Å². The van der Waals surface area contributed by atoms with E-state index in [2.05, 4.69) is 15.0 Å². The Morgan fingerprint density at radius 2 is 0.557 bits per heavy atom. The van der Waals surface area contributed by atoms with Crippen LogP contribution in [0.15, 0.2) is 300 Å². The summed E-state index contributed by atoms with van der Waals surface area (Å²) < 4.78 is 174. The van der Waals surface area contributed by atoms with Crippen LogP contribution in [0.4, 0.5) is 0 Å². The molecule has 0 bridgehead atoms. The predicted molar refractivity (Wildman–Crippen MR) is 356 cm³/mol. The van der Waals surface area contributed by atoms with Gasteiger partial charge in [0.05, 0.1) is 46.7 Å². The van der Waals surface area contributed by atoms with Gasteiger partial charge in [-0.05, 0) is 96.9 Å². The molecule has 12 aromatic carbocycles. The van der Waals surface area contributed by atoms with Gasteiger partial charge in [-0.25, -0.2) is 29.9 Å². The Morgan fingerprint density at radius 1 is 0.239 bits per heavy atom. The maximum Gasteiger partial charge on any atom is 0.164 e. The Morgan fingerprint density at radius 3 is 0.943 bits per heavy atom. The second kappa shape index (κ2) is 20.9. The summed E-state index contributed by atoms with van der Waals surface area (Å²) in [5.41, 5.74) is 5.45. The molecule has 0 aliphatic rings. The molecule has 0 unspecified atom stereocenters. The number of aromatic nitrogens is 8. The summed E-state index contributed by atoms with van der Waals surface area (Å²) in [5, 5.41) is 6.75. The zero-order chi connectivity index (χ0) is 73.7. The van der Waals surface area contributed by atoms with E-state index in [-0.39, 0.29) is 46.9 Å². The fourth-order valence-corrected chi connectivity index (χ4v) is 11.3. The lowest BCUT2D eigenvalue weighted by Gasteiger charge is -2.11. The van der Waals surface area contributed by atoms with Crippen molar-refractivity contribution in [3.63, 3.8) is 0 Å². The number of hydrogen-bond acceptors (Lipinski definition) is 8. The van der Waals surface area contributed by atoms with Gasteiger partial charge < -0.3 is 18.0 Å². The number of benzene rings is 12. The van der Waals surface area contributed by atoms with Crippen molar-refractivity contribution in [1.82, 2.24) is 39.0 Å². The molecule has 0 N–H and O–H groups in total. The molecule has 18 aromatic rings. The molecule has 6 aromatic heterocycles. The molecule has 10 heteroatoms. The summed E-state index contributed by atoms with van der Waals surface area (Å²) in [6.07, 6.45) is 0. The normalized spacial score (nSPS) is 14.5. The molecule has 0 fully saturated rings. The Bertz CT molecular complexity index is 6580. The van der Waals surface area contributed by atoms with Crippen LogP contribution in [0, 0.1) is 0 Å². The van der Waals surface area contributed by atoms with Gasteiger partial charge in [-0.3, -0.25) is 0 Å². The molecule has 0 saturated carbocycles. The Balaban J connectivity index is 0.000000159.